The lowest BCUT2D eigenvalue weighted by molar-refractivity contribution is -0.340. The molecule has 2 rings (SSSR count). The third-order valence-electron chi connectivity index (χ3n) is 4.57. The van der Waals surface area contributed by atoms with Crippen molar-refractivity contribution < 1.29 is 73.3 Å². The number of carbonyl (C=O) groups is 2. The second-order valence-electron chi connectivity index (χ2n) is 6.90. The number of rotatable bonds is 7. The fourth-order valence-corrected chi connectivity index (χ4v) is 3.46. The van der Waals surface area contributed by atoms with E-state index in [1.165, 1.54) is 0 Å². The number of aliphatic carboxylic acids is 1. The summed E-state index contributed by atoms with van der Waals surface area (Å²) in [6.07, 6.45) is -17.2. The molecule has 0 aromatic carbocycles. The molecule has 180 valence electrons. The summed E-state index contributed by atoms with van der Waals surface area (Å²) in [4.78, 5) is 40.3. The van der Waals surface area contributed by atoms with Crippen LogP contribution in [0.25, 0.3) is 0 Å². The number of nitrogens with one attached hydrogen (secondary N) is 1. The predicted molar refractivity (Wildman–Crippen MR) is 91.7 cm³/mol. The van der Waals surface area contributed by atoms with Gasteiger partial charge in [-0.2, -0.15) is 0 Å². The SMILES string of the molecule is CC(=O)N[C@@H]1[C@@H](O)[C@H](O[C@@H]2O[C@H](C(=O)O)[C@@H](O)[C@H](O)[C@H]2O)[C@@H](COP(=O)(O)O)O[C@H]1O. The first-order valence-corrected chi connectivity index (χ1v) is 10.3. The van der Waals surface area contributed by atoms with Gasteiger partial charge in [-0.25, -0.2) is 9.36 Å². The lowest BCUT2D eigenvalue weighted by atomic mass is 9.95. The van der Waals surface area contributed by atoms with E-state index in [-0.39, 0.29) is 0 Å². The minimum atomic E-state index is -5.03. The number of aliphatic hydroxyl groups excluding tert-OH is 5. The average Bonchev–Trinajstić information content (AvgIpc) is 2.64. The largest absolute Gasteiger partial charge is 0.479 e. The molecule has 17 heteroatoms. The zero-order valence-electron chi connectivity index (χ0n) is 15.9. The van der Waals surface area contributed by atoms with Crippen LogP contribution in [0.1, 0.15) is 6.92 Å². The van der Waals surface area contributed by atoms with E-state index in [1.54, 1.807) is 0 Å². The Kier molecular flexibility index (Phi) is 8.48. The number of carboxylic acid groups (broad SMARTS) is 1. The molecular weight excluding hydrogens is 453 g/mol. The van der Waals surface area contributed by atoms with E-state index >= 15 is 0 Å². The summed E-state index contributed by atoms with van der Waals surface area (Å²) in [5.74, 6) is -2.41. The van der Waals surface area contributed by atoms with Gasteiger partial charge in [-0.15, -0.1) is 0 Å². The summed E-state index contributed by atoms with van der Waals surface area (Å²) in [5, 5.41) is 61.5. The van der Waals surface area contributed by atoms with Crippen molar-refractivity contribution in [3.63, 3.8) is 0 Å². The van der Waals surface area contributed by atoms with Crippen LogP contribution in [-0.4, -0.2) is 120 Å². The molecule has 2 saturated heterocycles. The summed E-state index contributed by atoms with van der Waals surface area (Å²) in [5.41, 5.74) is 0. The normalized spacial score (nSPS) is 41.5. The number of phosphoric acid groups is 1. The fraction of sp³-hybridized carbons (Fsp3) is 0.857. The van der Waals surface area contributed by atoms with Crippen LogP contribution in [0, 0.1) is 0 Å². The highest BCUT2D eigenvalue weighted by atomic mass is 31.2. The Morgan fingerprint density at radius 1 is 1.00 bits per heavy atom. The van der Waals surface area contributed by atoms with Crippen LogP contribution < -0.4 is 5.32 Å². The highest BCUT2D eigenvalue weighted by Gasteiger charge is 2.52. The molecule has 2 aliphatic heterocycles. The van der Waals surface area contributed by atoms with Crippen LogP contribution in [0.2, 0.25) is 0 Å². The molecule has 16 nitrogen and oxygen atoms in total. The topological polar surface area (TPSA) is 262 Å². The number of hydrogen-bond donors (Lipinski definition) is 9. The number of hydrogen-bond acceptors (Lipinski definition) is 12. The van der Waals surface area contributed by atoms with E-state index in [2.05, 4.69) is 9.84 Å². The maximum Gasteiger partial charge on any atom is 0.469 e. The van der Waals surface area contributed by atoms with Gasteiger partial charge in [0.1, 0.15) is 42.7 Å². The monoisotopic (exact) mass is 477 g/mol. The van der Waals surface area contributed by atoms with Crippen LogP contribution in [0.15, 0.2) is 0 Å². The smallest absolute Gasteiger partial charge is 0.469 e. The third kappa shape index (κ3) is 6.38. The number of phosphoric ester groups is 1. The summed E-state index contributed by atoms with van der Waals surface area (Å²) >= 11 is 0. The molecule has 0 saturated carbocycles. The van der Waals surface area contributed by atoms with Gasteiger partial charge >= 0.3 is 13.8 Å². The molecule has 10 atom stereocenters. The summed E-state index contributed by atoms with van der Waals surface area (Å²) in [7, 11) is -5.03. The number of carboxylic acids is 1. The van der Waals surface area contributed by atoms with E-state index in [1.807, 2.05) is 0 Å². The van der Waals surface area contributed by atoms with E-state index in [0.29, 0.717) is 0 Å². The van der Waals surface area contributed by atoms with Gasteiger partial charge in [0.15, 0.2) is 18.7 Å². The molecule has 0 bridgehead atoms. The van der Waals surface area contributed by atoms with Gasteiger partial charge < -0.3 is 60.0 Å². The molecule has 2 aliphatic rings. The van der Waals surface area contributed by atoms with Crippen LogP contribution in [0.5, 0.6) is 0 Å². The van der Waals surface area contributed by atoms with Crippen molar-refractivity contribution in [2.45, 2.75) is 68.3 Å². The maximum atomic E-state index is 11.3. The Balaban J connectivity index is 2.27. The molecule has 2 heterocycles. The molecule has 0 unspecified atom stereocenters. The fourth-order valence-electron chi connectivity index (χ4n) is 3.12. The van der Waals surface area contributed by atoms with E-state index in [0.717, 1.165) is 6.92 Å². The van der Waals surface area contributed by atoms with Crippen molar-refractivity contribution in [1.29, 1.82) is 0 Å². The molecule has 0 radical (unpaired) electrons. The van der Waals surface area contributed by atoms with Crippen molar-refractivity contribution in [3.8, 4) is 0 Å². The first-order chi connectivity index (χ1) is 14.2. The number of ether oxygens (including phenoxy) is 3. The van der Waals surface area contributed by atoms with Crippen molar-refractivity contribution in [3.05, 3.63) is 0 Å². The highest BCUT2D eigenvalue weighted by Crippen LogP contribution is 2.37. The molecule has 0 aromatic rings. The molecule has 0 aliphatic carbocycles. The van der Waals surface area contributed by atoms with Gasteiger partial charge in [-0.05, 0) is 0 Å². The number of amides is 1. The summed E-state index contributed by atoms with van der Waals surface area (Å²) in [6.45, 7) is 0.105. The molecule has 0 aromatic heterocycles. The van der Waals surface area contributed by atoms with Crippen LogP contribution in [0.3, 0.4) is 0 Å². The Bertz CT molecular complexity index is 701. The lowest BCUT2D eigenvalue weighted by Gasteiger charge is -2.46. The van der Waals surface area contributed by atoms with Gasteiger partial charge in [-0.3, -0.25) is 9.32 Å². The maximum absolute atomic E-state index is 11.3. The van der Waals surface area contributed by atoms with Crippen LogP contribution >= 0.6 is 7.82 Å². The Hall–Kier alpha value is -1.27. The van der Waals surface area contributed by atoms with Crippen molar-refractivity contribution in [1.82, 2.24) is 5.32 Å². The van der Waals surface area contributed by atoms with E-state index < -0.39 is 87.7 Å². The minimum absolute atomic E-state index is 0.700. The number of carbonyl (C=O) groups excluding carboxylic acids is 1. The van der Waals surface area contributed by atoms with E-state index in [4.69, 9.17) is 29.1 Å². The van der Waals surface area contributed by atoms with Gasteiger partial charge in [0.05, 0.1) is 6.61 Å². The molecular formula is C14H24NO15P. The first-order valence-electron chi connectivity index (χ1n) is 8.79. The van der Waals surface area contributed by atoms with Gasteiger partial charge in [0, 0.05) is 6.92 Å². The molecule has 1 amide bonds. The Labute approximate surface area is 174 Å². The van der Waals surface area contributed by atoms with Crippen molar-refractivity contribution >= 4 is 19.7 Å². The van der Waals surface area contributed by atoms with Crippen LogP contribution in [-0.2, 0) is 32.9 Å². The van der Waals surface area contributed by atoms with Gasteiger partial charge in [-0.1, -0.05) is 0 Å². The Morgan fingerprint density at radius 2 is 1.61 bits per heavy atom. The second kappa shape index (κ2) is 10.1. The second-order valence-corrected chi connectivity index (χ2v) is 8.14. The third-order valence-corrected chi connectivity index (χ3v) is 5.06. The Morgan fingerprint density at radius 3 is 2.13 bits per heavy atom. The molecule has 9 N–H and O–H groups in total. The van der Waals surface area contributed by atoms with Crippen molar-refractivity contribution in [2.75, 3.05) is 6.61 Å². The quantitative estimate of drug-likeness (QED) is 0.155. The highest BCUT2D eigenvalue weighted by molar-refractivity contribution is 7.46. The number of aliphatic hydroxyl groups is 5. The first kappa shape index (κ1) is 26.0. The minimum Gasteiger partial charge on any atom is -0.479 e. The zero-order chi connectivity index (χ0) is 23.7. The predicted octanol–water partition coefficient (Wildman–Crippen LogP) is -5.04. The zero-order valence-corrected chi connectivity index (χ0v) is 16.8. The summed E-state index contributed by atoms with van der Waals surface area (Å²) < 4.78 is 30.6. The van der Waals surface area contributed by atoms with E-state index in [9.17, 15) is 39.7 Å². The van der Waals surface area contributed by atoms with Crippen molar-refractivity contribution in [2.24, 2.45) is 0 Å². The molecule has 31 heavy (non-hydrogen) atoms. The molecule has 0 spiro atoms. The standard InChI is InChI=1S/C14H24NO15P/c1-3(16)15-5-6(17)10(4(28-13(5)23)2-27-31(24,25)26)29-14-9(20)7(18)8(19)11(30-14)12(21)22/h4-11,13-14,17-20,23H,2H2,1H3,(H,15,16)(H,21,22)(H2,24,25,26)/t4-,5-,6-,7+,8+,9-,10-,11+,13-,14-/m1/s1. The van der Waals surface area contributed by atoms with Crippen LogP contribution in [0.4, 0.5) is 0 Å². The van der Waals surface area contributed by atoms with Gasteiger partial charge in [0.25, 0.3) is 0 Å². The summed E-state index contributed by atoms with van der Waals surface area (Å²) in [6, 6.07) is -1.51. The average molecular weight is 477 g/mol. The van der Waals surface area contributed by atoms with Gasteiger partial charge in [0.2, 0.25) is 5.91 Å². The molecule has 2 fully saturated rings. The lowest BCUT2D eigenvalue weighted by Crippen LogP contribution is -2.67.